The Kier molecular flexibility index (Phi) is 5.18. The molecule has 0 spiro atoms. The Hall–Kier alpha value is -2.73. The molecule has 1 amide bonds. The minimum atomic E-state index is -0.0722. The average molecular weight is 336 g/mol. The zero-order valence-electron chi connectivity index (χ0n) is 13.1. The topological polar surface area (TPSA) is 67.8 Å². The van der Waals surface area contributed by atoms with Crippen LogP contribution in [0.25, 0.3) is 22.5 Å². The Bertz CT molecular complexity index is 825. The zero-order valence-corrected chi connectivity index (χ0v) is 14.0. The lowest BCUT2D eigenvalue weighted by Gasteiger charge is -2.09. The molecule has 0 aliphatic carbocycles. The number of nitrogens with zero attached hydrogens (tertiary/aromatic N) is 3. The number of amides is 1. The maximum absolute atomic E-state index is 11.4. The molecule has 1 N–H and O–H groups in total. The van der Waals surface area contributed by atoms with Crippen LogP contribution in [0, 0.1) is 0 Å². The highest BCUT2D eigenvalue weighted by Gasteiger charge is 2.14. The van der Waals surface area contributed by atoms with Crippen LogP contribution in [0.3, 0.4) is 0 Å². The average Bonchev–Trinajstić information content (AvgIpc) is 2.67. The molecule has 2 aromatic carbocycles. The van der Waals surface area contributed by atoms with Gasteiger partial charge in [0.25, 0.3) is 0 Å². The SMILES string of the molecule is CNC(=O)CSc1nnc(-c2ccccc2)c(-c2ccccc2)n1. The van der Waals surface area contributed by atoms with Crippen LogP contribution < -0.4 is 5.32 Å². The van der Waals surface area contributed by atoms with Gasteiger partial charge in [-0.3, -0.25) is 4.79 Å². The number of carbonyl (C=O) groups excluding carboxylic acids is 1. The molecule has 1 aromatic heterocycles. The second-order valence-electron chi connectivity index (χ2n) is 4.99. The van der Waals surface area contributed by atoms with Crippen molar-refractivity contribution >= 4 is 17.7 Å². The molecule has 0 saturated carbocycles. The largest absolute Gasteiger partial charge is 0.358 e. The van der Waals surface area contributed by atoms with Gasteiger partial charge in [-0.2, -0.15) is 0 Å². The number of benzene rings is 2. The Morgan fingerprint density at radius 3 is 2.08 bits per heavy atom. The van der Waals surface area contributed by atoms with Gasteiger partial charge in [-0.25, -0.2) is 4.98 Å². The Morgan fingerprint density at radius 2 is 1.50 bits per heavy atom. The smallest absolute Gasteiger partial charge is 0.230 e. The maximum atomic E-state index is 11.4. The molecular weight excluding hydrogens is 320 g/mol. The first-order chi connectivity index (χ1) is 11.8. The van der Waals surface area contributed by atoms with Gasteiger partial charge < -0.3 is 5.32 Å². The standard InChI is InChI=1S/C18H16N4OS/c1-19-15(23)12-24-18-20-16(13-8-4-2-5-9-13)17(21-22-18)14-10-6-3-7-11-14/h2-11H,12H2,1H3,(H,19,23). The summed E-state index contributed by atoms with van der Waals surface area (Å²) in [6.45, 7) is 0. The highest BCUT2D eigenvalue weighted by Crippen LogP contribution is 2.29. The van der Waals surface area contributed by atoms with E-state index in [4.69, 9.17) is 0 Å². The van der Waals surface area contributed by atoms with Crippen molar-refractivity contribution in [2.45, 2.75) is 5.16 Å². The third-order valence-electron chi connectivity index (χ3n) is 3.37. The van der Waals surface area contributed by atoms with E-state index in [1.165, 1.54) is 11.8 Å². The molecule has 6 heteroatoms. The third kappa shape index (κ3) is 3.78. The number of aromatic nitrogens is 3. The van der Waals surface area contributed by atoms with Crippen molar-refractivity contribution < 1.29 is 4.79 Å². The predicted octanol–water partition coefficient (Wildman–Crippen LogP) is 3.04. The molecule has 24 heavy (non-hydrogen) atoms. The minimum absolute atomic E-state index is 0.0722. The summed E-state index contributed by atoms with van der Waals surface area (Å²) in [6.07, 6.45) is 0. The van der Waals surface area contributed by atoms with Gasteiger partial charge >= 0.3 is 0 Å². The molecule has 1 heterocycles. The molecule has 5 nitrogen and oxygen atoms in total. The van der Waals surface area contributed by atoms with Crippen molar-refractivity contribution in [2.24, 2.45) is 0 Å². The van der Waals surface area contributed by atoms with E-state index in [2.05, 4.69) is 20.5 Å². The summed E-state index contributed by atoms with van der Waals surface area (Å²) in [5.41, 5.74) is 3.41. The van der Waals surface area contributed by atoms with Gasteiger partial charge in [-0.15, -0.1) is 10.2 Å². The molecule has 0 radical (unpaired) electrons. The summed E-state index contributed by atoms with van der Waals surface area (Å²) in [7, 11) is 1.61. The van der Waals surface area contributed by atoms with Crippen molar-refractivity contribution in [2.75, 3.05) is 12.8 Å². The van der Waals surface area contributed by atoms with Crippen LogP contribution >= 0.6 is 11.8 Å². The zero-order chi connectivity index (χ0) is 16.8. The molecule has 0 saturated heterocycles. The number of rotatable bonds is 5. The molecule has 0 fully saturated rings. The summed E-state index contributed by atoms with van der Waals surface area (Å²) >= 11 is 1.27. The summed E-state index contributed by atoms with van der Waals surface area (Å²) in [4.78, 5) is 16.1. The fourth-order valence-electron chi connectivity index (χ4n) is 2.16. The highest BCUT2D eigenvalue weighted by molar-refractivity contribution is 7.99. The van der Waals surface area contributed by atoms with E-state index in [1.54, 1.807) is 7.05 Å². The van der Waals surface area contributed by atoms with E-state index in [0.717, 1.165) is 22.5 Å². The van der Waals surface area contributed by atoms with Crippen molar-refractivity contribution in [3.05, 3.63) is 60.7 Å². The molecule has 0 bridgehead atoms. The van der Waals surface area contributed by atoms with Crippen LogP contribution in [0.5, 0.6) is 0 Å². The summed E-state index contributed by atoms with van der Waals surface area (Å²) < 4.78 is 0. The molecular formula is C18H16N4OS. The van der Waals surface area contributed by atoms with Gasteiger partial charge in [-0.05, 0) is 0 Å². The minimum Gasteiger partial charge on any atom is -0.358 e. The van der Waals surface area contributed by atoms with Gasteiger partial charge in [0.05, 0.1) is 5.75 Å². The van der Waals surface area contributed by atoms with Gasteiger partial charge in [0, 0.05) is 18.2 Å². The maximum Gasteiger partial charge on any atom is 0.230 e. The van der Waals surface area contributed by atoms with Gasteiger partial charge in [0.15, 0.2) is 0 Å². The van der Waals surface area contributed by atoms with Gasteiger partial charge in [0.2, 0.25) is 11.1 Å². The first-order valence-electron chi connectivity index (χ1n) is 7.47. The number of hydrogen-bond acceptors (Lipinski definition) is 5. The lowest BCUT2D eigenvalue weighted by atomic mass is 10.0. The Balaban J connectivity index is 2.02. The van der Waals surface area contributed by atoms with Crippen LogP contribution in [-0.2, 0) is 4.79 Å². The molecule has 0 aliphatic rings. The van der Waals surface area contributed by atoms with Crippen molar-refractivity contribution in [1.29, 1.82) is 0 Å². The molecule has 0 unspecified atom stereocenters. The van der Waals surface area contributed by atoms with Crippen LogP contribution in [0.2, 0.25) is 0 Å². The first-order valence-corrected chi connectivity index (χ1v) is 8.45. The fourth-order valence-corrected chi connectivity index (χ4v) is 2.82. The van der Waals surface area contributed by atoms with E-state index < -0.39 is 0 Å². The van der Waals surface area contributed by atoms with Crippen LogP contribution in [-0.4, -0.2) is 33.9 Å². The lowest BCUT2D eigenvalue weighted by molar-refractivity contribution is -0.118. The third-order valence-corrected chi connectivity index (χ3v) is 4.21. The summed E-state index contributed by atoms with van der Waals surface area (Å²) in [5.74, 6) is 0.189. The highest BCUT2D eigenvalue weighted by atomic mass is 32.2. The predicted molar refractivity (Wildman–Crippen MR) is 95.5 cm³/mol. The Morgan fingerprint density at radius 1 is 0.917 bits per heavy atom. The Labute approximate surface area is 144 Å². The van der Waals surface area contributed by atoms with Crippen LogP contribution in [0.4, 0.5) is 0 Å². The molecule has 3 rings (SSSR count). The molecule has 0 atom stereocenters. The first kappa shape index (κ1) is 16.1. The van der Waals surface area contributed by atoms with Crippen LogP contribution in [0.15, 0.2) is 65.8 Å². The second-order valence-corrected chi connectivity index (χ2v) is 5.93. The second kappa shape index (κ2) is 7.70. The lowest BCUT2D eigenvalue weighted by Crippen LogP contribution is -2.20. The normalized spacial score (nSPS) is 10.4. The molecule has 0 aliphatic heterocycles. The van der Waals surface area contributed by atoms with Gasteiger partial charge in [0.1, 0.15) is 11.4 Å². The van der Waals surface area contributed by atoms with Crippen molar-refractivity contribution in [3.63, 3.8) is 0 Å². The number of nitrogens with one attached hydrogen (secondary N) is 1. The quantitative estimate of drug-likeness (QED) is 0.725. The van der Waals surface area contributed by atoms with E-state index in [0.29, 0.717) is 5.16 Å². The fraction of sp³-hybridized carbons (Fsp3) is 0.111. The van der Waals surface area contributed by atoms with E-state index >= 15 is 0 Å². The number of hydrogen-bond donors (Lipinski definition) is 1. The number of thioether (sulfide) groups is 1. The summed E-state index contributed by atoms with van der Waals surface area (Å²) in [6, 6.07) is 19.7. The van der Waals surface area contributed by atoms with E-state index in [9.17, 15) is 4.79 Å². The van der Waals surface area contributed by atoms with Crippen molar-refractivity contribution in [1.82, 2.24) is 20.5 Å². The summed E-state index contributed by atoms with van der Waals surface area (Å²) in [5, 5.41) is 11.6. The number of carbonyl (C=O) groups is 1. The molecule has 3 aromatic rings. The van der Waals surface area contributed by atoms with Gasteiger partial charge in [-0.1, -0.05) is 72.4 Å². The monoisotopic (exact) mass is 336 g/mol. The van der Waals surface area contributed by atoms with Crippen molar-refractivity contribution in [3.8, 4) is 22.5 Å². The molecule has 120 valence electrons. The van der Waals surface area contributed by atoms with Crippen LogP contribution in [0.1, 0.15) is 0 Å². The van der Waals surface area contributed by atoms with E-state index in [1.807, 2.05) is 60.7 Å². The van der Waals surface area contributed by atoms with E-state index in [-0.39, 0.29) is 11.7 Å².